The van der Waals surface area contributed by atoms with E-state index in [-0.39, 0.29) is 11.8 Å². The first-order valence-electron chi connectivity index (χ1n) is 7.64. The van der Waals surface area contributed by atoms with Crippen molar-refractivity contribution in [2.24, 2.45) is 0 Å². The van der Waals surface area contributed by atoms with Crippen LogP contribution in [0.1, 0.15) is 18.5 Å². The maximum Gasteiger partial charge on any atom is 0.254 e. The highest BCUT2D eigenvalue weighted by molar-refractivity contribution is 6.06. The van der Waals surface area contributed by atoms with Gasteiger partial charge in [-0.3, -0.25) is 14.5 Å². The molecule has 22 heavy (non-hydrogen) atoms. The lowest BCUT2D eigenvalue weighted by Gasteiger charge is -2.28. The highest BCUT2D eigenvalue weighted by Crippen LogP contribution is 2.35. The molecule has 1 aromatic rings. The Morgan fingerprint density at radius 2 is 2.00 bits per heavy atom. The molecule has 0 aliphatic carbocycles. The molecule has 1 atom stereocenters. The Labute approximate surface area is 130 Å². The maximum atomic E-state index is 12.6. The zero-order valence-electron chi connectivity index (χ0n) is 12.7. The van der Waals surface area contributed by atoms with Gasteiger partial charge in [-0.2, -0.15) is 0 Å². The third-order valence-electron chi connectivity index (χ3n) is 4.14. The molecule has 118 valence electrons. The Balaban J connectivity index is 1.73. The number of carbonyl (C=O) groups is 2. The average Bonchev–Trinajstić information content (AvgIpc) is 2.78. The maximum absolute atomic E-state index is 12.6. The normalized spacial score (nSPS) is 21.8. The van der Waals surface area contributed by atoms with E-state index in [4.69, 9.17) is 4.74 Å². The number of fused-ring (bicyclic) bond motifs is 1. The summed E-state index contributed by atoms with van der Waals surface area (Å²) >= 11 is 0. The molecule has 0 aromatic heterocycles. The zero-order chi connectivity index (χ0) is 15.5. The zero-order valence-corrected chi connectivity index (χ0v) is 12.7. The summed E-state index contributed by atoms with van der Waals surface area (Å²) in [5.41, 5.74) is 1.78. The summed E-state index contributed by atoms with van der Waals surface area (Å²) in [6.45, 7) is 6.18. The van der Waals surface area contributed by atoms with Gasteiger partial charge in [0.2, 0.25) is 5.91 Å². The molecule has 1 saturated heterocycles. The molecule has 2 heterocycles. The van der Waals surface area contributed by atoms with E-state index < -0.39 is 6.04 Å². The average molecular weight is 303 g/mol. The molecule has 0 radical (unpaired) electrons. The number of hydrogen-bond donors (Lipinski definition) is 1. The molecule has 1 N–H and O–H groups in total. The molecule has 3 rings (SSSR count). The number of rotatable bonds is 4. The molecular weight excluding hydrogens is 282 g/mol. The summed E-state index contributed by atoms with van der Waals surface area (Å²) in [5, 5.41) is 2.75. The standard InChI is InChI=1S/C16H21N3O3/c1-12(20)17-15-13-4-2-3-5-14(13)19(16(15)21)7-6-18-8-10-22-11-9-18/h2-5,15H,6-11H2,1H3,(H,17,20). The highest BCUT2D eigenvalue weighted by atomic mass is 16.5. The van der Waals surface area contributed by atoms with Crippen LogP contribution in [-0.4, -0.2) is 56.1 Å². The predicted molar refractivity (Wildman–Crippen MR) is 82.6 cm³/mol. The van der Waals surface area contributed by atoms with Crippen LogP contribution in [0.3, 0.4) is 0 Å². The van der Waals surface area contributed by atoms with Crippen LogP contribution >= 0.6 is 0 Å². The number of carbonyl (C=O) groups excluding carboxylic acids is 2. The van der Waals surface area contributed by atoms with Gasteiger partial charge in [0, 0.05) is 44.4 Å². The van der Waals surface area contributed by atoms with Gasteiger partial charge in [0.05, 0.1) is 13.2 Å². The lowest BCUT2D eigenvalue weighted by atomic mass is 10.1. The SMILES string of the molecule is CC(=O)NC1C(=O)N(CCN2CCOCC2)c2ccccc21. The molecule has 0 bridgehead atoms. The van der Waals surface area contributed by atoms with Crippen LogP contribution in [0, 0.1) is 0 Å². The molecule has 6 heteroatoms. The number of benzene rings is 1. The van der Waals surface area contributed by atoms with Crippen molar-refractivity contribution in [1.29, 1.82) is 0 Å². The number of nitrogens with one attached hydrogen (secondary N) is 1. The van der Waals surface area contributed by atoms with E-state index in [9.17, 15) is 9.59 Å². The fourth-order valence-corrected chi connectivity index (χ4v) is 3.02. The molecule has 2 aliphatic rings. The monoisotopic (exact) mass is 303 g/mol. The van der Waals surface area contributed by atoms with E-state index in [0.29, 0.717) is 6.54 Å². The molecule has 6 nitrogen and oxygen atoms in total. The summed E-state index contributed by atoms with van der Waals surface area (Å²) in [6.07, 6.45) is 0. The Morgan fingerprint density at radius 3 is 2.73 bits per heavy atom. The predicted octanol–water partition coefficient (Wildman–Crippen LogP) is 0.543. The quantitative estimate of drug-likeness (QED) is 0.882. The van der Waals surface area contributed by atoms with Crippen molar-refractivity contribution in [3.05, 3.63) is 29.8 Å². The van der Waals surface area contributed by atoms with Crippen LogP contribution in [0.4, 0.5) is 5.69 Å². The largest absolute Gasteiger partial charge is 0.379 e. The van der Waals surface area contributed by atoms with Gasteiger partial charge in [-0.15, -0.1) is 0 Å². The van der Waals surface area contributed by atoms with Gasteiger partial charge >= 0.3 is 0 Å². The third-order valence-corrected chi connectivity index (χ3v) is 4.14. The van der Waals surface area contributed by atoms with E-state index in [1.807, 2.05) is 24.3 Å². The van der Waals surface area contributed by atoms with E-state index in [0.717, 1.165) is 44.1 Å². The summed E-state index contributed by atoms with van der Waals surface area (Å²) < 4.78 is 5.34. The highest BCUT2D eigenvalue weighted by Gasteiger charge is 2.37. The van der Waals surface area contributed by atoms with Crippen LogP contribution in [0.25, 0.3) is 0 Å². The van der Waals surface area contributed by atoms with Crippen molar-refractivity contribution in [2.45, 2.75) is 13.0 Å². The molecule has 0 saturated carbocycles. The molecule has 2 aliphatic heterocycles. The van der Waals surface area contributed by atoms with E-state index in [1.165, 1.54) is 6.92 Å². The summed E-state index contributed by atoms with van der Waals surface area (Å²) in [6, 6.07) is 7.10. The van der Waals surface area contributed by atoms with Gasteiger partial charge < -0.3 is 15.0 Å². The number of ether oxygens (including phenoxy) is 1. The Kier molecular flexibility index (Phi) is 4.40. The van der Waals surface area contributed by atoms with Crippen LogP contribution in [0.2, 0.25) is 0 Å². The van der Waals surface area contributed by atoms with Crippen molar-refractivity contribution in [3.63, 3.8) is 0 Å². The molecule has 1 aromatic carbocycles. The minimum absolute atomic E-state index is 0.0512. The first-order chi connectivity index (χ1) is 10.7. The lowest BCUT2D eigenvalue weighted by molar-refractivity contribution is -0.126. The van der Waals surface area contributed by atoms with E-state index >= 15 is 0 Å². The molecular formula is C16H21N3O3. The van der Waals surface area contributed by atoms with Crippen LogP contribution in [0.5, 0.6) is 0 Å². The minimum Gasteiger partial charge on any atom is -0.379 e. The van der Waals surface area contributed by atoms with Crippen LogP contribution in [0.15, 0.2) is 24.3 Å². The fourth-order valence-electron chi connectivity index (χ4n) is 3.02. The summed E-state index contributed by atoms with van der Waals surface area (Å²) in [4.78, 5) is 28.1. The molecule has 1 unspecified atom stereocenters. The smallest absolute Gasteiger partial charge is 0.254 e. The van der Waals surface area contributed by atoms with Gasteiger partial charge in [-0.05, 0) is 6.07 Å². The fraction of sp³-hybridized carbons (Fsp3) is 0.500. The van der Waals surface area contributed by atoms with Gasteiger partial charge in [0.25, 0.3) is 5.91 Å². The number of hydrogen-bond acceptors (Lipinski definition) is 4. The second-order valence-corrected chi connectivity index (χ2v) is 5.64. The second kappa shape index (κ2) is 6.46. The third kappa shape index (κ3) is 2.98. The first-order valence-corrected chi connectivity index (χ1v) is 7.64. The van der Waals surface area contributed by atoms with Crippen molar-refractivity contribution in [1.82, 2.24) is 10.2 Å². The van der Waals surface area contributed by atoms with Crippen molar-refractivity contribution >= 4 is 17.5 Å². The van der Waals surface area contributed by atoms with E-state index in [1.54, 1.807) is 4.90 Å². The van der Waals surface area contributed by atoms with Gasteiger partial charge in [-0.25, -0.2) is 0 Å². The van der Waals surface area contributed by atoms with Crippen LogP contribution < -0.4 is 10.2 Å². The topological polar surface area (TPSA) is 61.9 Å². The first kappa shape index (κ1) is 15.0. The Bertz CT molecular complexity index is 570. The van der Waals surface area contributed by atoms with Crippen molar-refractivity contribution in [2.75, 3.05) is 44.3 Å². The molecule has 1 fully saturated rings. The summed E-state index contributed by atoms with van der Waals surface area (Å²) in [7, 11) is 0. The second-order valence-electron chi connectivity index (χ2n) is 5.64. The lowest BCUT2D eigenvalue weighted by Crippen LogP contribution is -2.43. The summed E-state index contributed by atoms with van der Waals surface area (Å²) in [5.74, 6) is -0.243. The number of para-hydroxylation sites is 1. The van der Waals surface area contributed by atoms with Gasteiger partial charge in [-0.1, -0.05) is 18.2 Å². The Hall–Kier alpha value is -1.92. The molecule has 2 amide bonds. The van der Waals surface area contributed by atoms with Gasteiger partial charge in [0.1, 0.15) is 6.04 Å². The van der Waals surface area contributed by atoms with Crippen molar-refractivity contribution in [3.8, 4) is 0 Å². The van der Waals surface area contributed by atoms with E-state index in [2.05, 4.69) is 10.2 Å². The van der Waals surface area contributed by atoms with Crippen molar-refractivity contribution < 1.29 is 14.3 Å². The van der Waals surface area contributed by atoms with Gasteiger partial charge in [0.15, 0.2) is 0 Å². The minimum atomic E-state index is -0.557. The Morgan fingerprint density at radius 1 is 1.27 bits per heavy atom. The molecule has 0 spiro atoms. The van der Waals surface area contributed by atoms with Crippen LogP contribution in [-0.2, 0) is 14.3 Å². The number of amides is 2. The number of morpholine rings is 1. The number of nitrogens with zero attached hydrogens (tertiary/aromatic N) is 2. The number of anilines is 1.